The molecule has 5 nitrogen and oxygen atoms in total. The van der Waals surface area contributed by atoms with E-state index in [4.69, 9.17) is 0 Å². The van der Waals surface area contributed by atoms with E-state index in [2.05, 4.69) is 40.9 Å². The van der Waals surface area contributed by atoms with Crippen LogP contribution in [0.1, 0.15) is 40.9 Å². The van der Waals surface area contributed by atoms with Crippen molar-refractivity contribution >= 4 is 16.8 Å². The largest absolute Gasteiger partial charge is 0.346 e. The molecule has 0 unspecified atom stereocenters. The van der Waals surface area contributed by atoms with Crippen molar-refractivity contribution in [1.29, 1.82) is 0 Å². The Hall–Kier alpha value is -2.66. The zero-order valence-electron chi connectivity index (χ0n) is 15.0. The molecular formula is C21H24N4O. The number of aromatic nitrogens is 2. The van der Waals surface area contributed by atoms with E-state index < -0.39 is 0 Å². The van der Waals surface area contributed by atoms with Crippen LogP contribution in [0.3, 0.4) is 0 Å². The number of nitrogens with zero attached hydrogens (tertiary/aromatic N) is 2. The second-order valence-corrected chi connectivity index (χ2v) is 6.78. The minimum atomic E-state index is -0.0482. The van der Waals surface area contributed by atoms with Crippen LogP contribution >= 0.6 is 0 Å². The Labute approximate surface area is 153 Å². The van der Waals surface area contributed by atoms with Crippen LogP contribution in [0, 0.1) is 0 Å². The van der Waals surface area contributed by atoms with E-state index >= 15 is 0 Å². The lowest BCUT2D eigenvalue weighted by Crippen LogP contribution is -2.23. The fraction of sp³-hybridized carbons (Fsp3) is 0.333. The van der Waals surface area contributed by atoms with Gasteiger partial charge in [-0.3, -0.25) is 9.48 Å². The molecule has 2 aromatic carbocycles. The third-order valence-electron chi connectivity index (χ3n) is 5.13. The molecule has 2 heterocycles. The molecule has 26 heavy (non-hydrogen) atoms. The van der Waals surface area contributed by atoms with Gasteiger partial charge in [-0.1, -0.05) is 30.3 Å². The number of benzene rings is 2. The summed E-state index contributed by atoms with van der Waals surface area (Å²) in [6.07, 6.45) is 1.13. The molecule has 1 amide bonds. The smallest absolute Gasteiger partial charge is 0.251 e. The van der Waals surface area contributed by atoms with Crippen LogP contribution in [0.25, 0.3) is 10.9 Å². The maximum Gasteiger partial charge on any atom is 0.251 e. The zero-order chi connectivity index (χ0) is 17.9. The molecular weight excluding hydrogens is 324 g/mol. The average molecular weight is 348 g/mol. The molecule has 0 spiro atoms. The molecule has 0 saturated carbocycles. The predicted molar refractivity (Wildman–Crippen MR) is 103 cm³/mol. The quantitative estimate of drug-likeness (QED) is 0.745. The zero-order valence-corrected chi connectivity index (χ0v) is 15.0. The summed E-state index contributed by atoms with van der Waals surface area (Å²) in [5.41, 5.74) is 3.97. The fourth-order valence-electron chi connectivity index (χ4n) is 3.71. The number of carbonyl (C=O) groups is 1. The van der Waals surface area contributed by atoms with Gasteiger partial charge in [0, 0.05) is 24.0 Å². The SMILES string of the molecule is CCn1nc(CNC(=O)c2cccc([C@H]3CCNC3)c2)c2ccccc21. The highest BCUT2D eigenvalue weighted by Crippen LogP contribution is 2.23. The minimum Gasteiger partial charge on any atom is -0.346 e. The number of aryl methyl sites for hydroxylation is 1. The van der Waals surface area contributed by atoms with Crippen molar-refractivity contribution < 1.29 is 4.79 Å². The second-order valence-electron chi connectivity index (χ2n) is 6.78. The van der Waals surface area contributed by atoms with Gasteiger partial charge in [0.2, 0.25) is 0 Å². The molecule has 1 fully saturated rings. The molecule has 4 rings (SSSR count). The normalized spacial score (nSPS) is 16.9. The second kappa shape index (κ2) is 7.30. The topological polar surface area (TPSA) is 59.0 Å². The summed E-state index contributed by atoms with van der Waals surface area (Å²) in [5, 5.41) is 12.2. The van der Waals surface area contributed by atoms with Crippen molar-refractivity contribution in [2.45, 2.75) is 32.4 Å². The van der Waals surface area contributed by atoms with Crippen LogP contribution < -0.4 is 10.6 Å². The van der Waals surface area contributed by atoms with Crippen LogP contribution in [0.2, 0.25) is 0 Å². The molecule has 1 aromatic heterocycles. The molecule has 1 saturated heterocycles. The number of para-hydroxylation sites is 1. The van der Waals surface area contributed by atoms with E-state index in [1.165, 1.54) is 5.56 Å². The van der Waals surface area contributed by atoms with Crippen molar-refractivity contribution in [1.82, 2.24) is 20.4 Å². The van der Waals surface area contributed by atoms with E-state index in [9.17, 15) is 4.79 Å². The Morgan fingerprint density at radius 1 is 1.27 bits per heavy atom. The van der Waals surface area contributed by atoms with Crippen molar-refractivity contribution in [3.8, 4) is 0 Å². The van der Waals surface area contributed by atoms with Crippen LogP contribution in [-0.2, 0) is 13.1 Å². The Balaban J connectivity index is 1.50. The van der Waals surface area contributed by atoms with Gasteiger partial charge in [0.1, 0.15) is 0 Å². The molecule has 0 aliphatic carbocycles. The van der Waals surface area contributed by atoms with Gasteiger partial charge in [-0.2, -0.15) is 5.10 Å². The first-order valence-electron chi connectivity index (χ1n) is 9.29. The lowest BCUT2D eigenvalue weighted by Gasteiger charge is -2.10. The highest BCUT2D eigenvalue weighted by Gasteiger charge is 2.18. The first kappa shape index (κ1) is 16.8. The molecule has 3 aromatic rings. The van der Waals surface area contributed by atoms with Crippen LogP contribution in [-0.4, -0.2) is 28.8 Å². The van der Waals surface area contributed by atoms with E-state index in [1.54, 1.807) is 0 Å². The number of hydrogen-bond acceptors (Lipinski definition) is 3. The van der Waals surface area contributed by atoms with Gasteiger partial charge in [0.25, 0.3) is 5.91 Å². The van der Waals surface area contributed by atoms with E-state index in [0.29, 0.717) is 18.0 Å². The molecule has 1 aliphatic rings. The first-order chi connectivity index (χ1) is 12.8. The Morgan fingerprint density at radius 2 is 2.15 bits per heavy atom. The van der Waals surface area contributed by atoms with E-state index in [1.807, 2.05) is 35.0 Å². The van der Waals surface area contributed by atoms with Gasteiger partial charge in [0.15, 0.2) is 0 Å². The third kappa shape index (κ3) is 3.22. The first-order valence-corrected chi connectivity index (χ1v) is 9.29. The van der Waals surface area contributed by atoms with E-state index in [-0.39, 0.29) is 5.91 Å². The van der Waals surface area contributed by atoms with Crippen molar-refractivity contribution in [3.05, 3.63) is 65.4 Å². The standard InChI is InChI=1S/C21H24N4O/c1-2-25-20-9-4-3-8-18(20)19(24-25)14-23-21(26)16-7-5-6-15(12-16)17-10-11-22-13-17/h3-9,12,17,22H,2,10-11,13-14H2,1H3,(H,23,26)/t17-/m0/s1. The Morgan fingerprint density at radius 3 is 2.96 bits per heavy atom. The van der Waals surface area contributed by atoms with E-state index in [0.717, 1.165) is 42.7 Å². The number of carbonyl (C=O) groups excluding carboxylic acids is 1. The molecule has 134 valence electrons. The van der Waals surface area contributed by atoms with Crippen molar-refractivity contribution in [2.24, 2.45) is 0 Å². The summed E-state index contributed by atoms with van der Waals surface area (Å²) >= 11 is 0. The molecule has 2 N–H and O–H groups in total. The minimum absolute atomic E-state index is 0.0482. The van der Waals surface area contributed by atoms with Gasteiger partial charge in [-0.25, -0.2) is 0 Å². The number of amides is 1. The van der Waals surface area contributed by atoms with Gasteiger partial charge in [-0.15, -0.1) is 0 Å². The van der Waals surface area contributed by atoms with Gasteiger partial charge in [0.05, 0.1) is 17.8 Å². The summed E-state index contributed by atoms with van der Waals surface area (Å²) in [6.45, 7) is 5.36. The lowest BCUT2D eigenvalue weighted by molar-refractivity contribution is 0.0950. The fourth-order valence-corrected chi connectivity index (χ4v) is 3.71. The Bertz CT molecular complexity index is 925. The summed E-state index contributed by atoms with van der Waals surface area (Å²) in [7, 11) is 0. The van der Waals surface area contributed by atoms with Crippen LogP contribution in [0.5, 0.6) is 0 Å². The maximum absolute atomic E-state index is 12.6. The third-order valence-corrected chi connectivity index (χ3v) is 5.13. The number of rotatable bonds is 5. The van der Waals surface area contributed by atoms with Crippen molar-refractivity contribution in [2.75, 3.05) is 13.1 Å². The molecule has 0 radical (unpaired) electrons. The van der Waals surface area contributed by atoms with Crippen LogP contribution in [0.15, 0.2) is 48.5 Å². The summed E-state index contributed by atoms with van der Waals surface area (Å²) in [5.74, 6) is 0.458. The number of nitrogens with one attached hydrogen (secondary N) is 2. The summed E-state index contributed by atoms with van der Waals surface area (Å²) in [6, 6.07) is 16.1. The molecule has 5 heteroatoms. The summed E-state index contributed by atoms with van der Waals surface area (Å²) < 4.78 is 1.98. The maximum atomic E-state index is 12.6. The Kier molecular flexibility index (Phi) is 4.71. The number of hydrogen-bond donors (Lipinski definition) is 2. The van der Waals surface area contributed by atoms with Gasteiger partial charge >= 0.3 is 0 Å². The molecule has 1 atom stereocenters. The monoisotopic (exact) mass is 348 g/mol. The molecule has 1 aliphatic heterocycles. The van der Waals surface area contributed by atoms with Crippen LogP contribution in [0.4, 0.5) is 0 Å². The lowest BCUT2D eigenvalue weighted by atomic mass is 9.96. The predicted octanol–water partition coefficient (Wildman–Crippen LogP) is 3.06. The average Bonchev–Trinajstić information content (AvgIpc) is 3.34. The summed E-state index contributed by atoms with van der Waals surface area (Å²) in [4.78, 5) is 12.6. The number of fused-ring (bicyclic) bond motifs is 1. The van der Waals surface area contributed by atoms with Gasteiger partial charge in [-0.05, 0) is 49.6 Å². The molecule has 0 bridgehead atoms. The highest BCUT2D eigenvalue weighted by molar-refractivity contribution is 5.94. The highest BCUT2D eigenvalue weighted by atomic mass is 16.1. The van der Waals surface area contributed by atoms with Gasteiger partial charge < -0.3 is 10.6 Å². The van der Waals surface area contributed by atoms with Crippen molar-refractivity contribution in [3.63, 3.8) is 0 Å².